The highest BCUT2D eigenvalue weighted by Crippen LogP contribution is 2.18. The van der Waals surface area contributed by atoms with Crippen LogP contribution in [0.5, 0.6) is 0 Å². The number of carboxylic acids is 1. The minimum absolute atomic E-state index is 0.189. The lowest BCUT2D eigenvalue weighted by Gasteiger charge is -2.20. The average Bonchev–Trinajstić information content (AvgIpc) is 2.67. The number of amides is 3. The normalized spacial score (nSPS) is 14.0. The molecule has 0 atom stereocenters. The van der Waals surface area contributed by atoms with Crippen LogP contribution in [0.1, 0.15) is 30.4 Å². The summed E-state index contributed by atoms with van der Waals surface area (Å²) >= 11 is 0. The number of carboxylic acid groups (broad SMARTS) is 1. The van der Waals surface area contributed by atoms with Crippen molar-refractivity contribution in [1.82, 2.24) is 10.2 Å². The minimum Gasteiger partial charge on any atom is -0.481 e. The van der Waals surface area contributed by atoms with E-state index in [1.807, 2.05) is 18.2 Å². The van der Waals surface area contributed by atoms with Crippen LogP contribution in [0.4, 0.5) is 4.79 Å². The topological polar surface area (TPSA) is 86.7 Å². The standard InChI is InChI=1S/C15H18N2O4/c18-13(7-8-14(19)20)16-15(21)17-9-3-6-11-4-1-2-5-12(11)10-17/h1-2,4-5H,3,6-10H2,(H,19,20)(H,16,18,21). The number of aliphatic carboxylic acids is 1. The quantitative estimate of drug-likeness (QED) is 0.884. The van der Waals surface area contributed by atoms with Crippen LogP contribution in [-0.2, 0) is 22.6 Å². The zero-order valence-corrected chi connectivity index (χ0v) is 11.7. The molecule has 6 heteroatoms. The van der Waals surface area contributed by atoms with Gasteiger partial charge in [0.1, 0.15) is 0 Å². The molecule has 21 heavy (non-hydrogen) atoms. The number of nitrogens with zero attached hydrogens (tertiary/aromatic N) is 1. The lowest BCUT2D eigenvalue weighted by Crippen LogP contribution is -2.42. The van der Waals surface area contributed by atoms with Crippen molar-refractivity contribution in [3.63, 3.8) is 0 Å². The largest absolute Gasteiger partial charge is 0.481 e. The van der Waals surface area contributed by atoms with Crippen LogP contribution in [-0.4, -0.2) is 34.5 Å². The van der Waals surface area contributed by atoms with Gasteiger partial charge in [0.25, 0.3) is 0 Å². The Morgan fingerprint density at radius 3 is 2.57 bits per heavy atom. The van der Waals surface area contributed by atoms with E-state index in [1.165, 1.54) is 5.56 Å². The number of carbonyl (C=O) groups excluding carboxylic acids is 2. The van der Waals surface area contributed by atoms with Crippen molar-refractivity contribution in [3.8, 4) is 0 Å². The number of urea groups is 1. The number of hydrogen-bond acceptors (Lipinski definition) is 3. The Balaban J connectivity index is 1.94. The molecular formula is C15H18N2O4. The first-order valence-corrected chi connectivity index (χ1v) is 6.93. The molecule has 3 amide bonds. The number of aryl methyl sites for hydroxylation is 1. The first-order chi connectivity index (χ1) is 10.1. The highest BCUT2D eigenvalue weighted by atomic mass is 16.4. The Hall–Kier alpha value is -2.37. The molecule has 1 aromatic rings. The molecule has 0 fully saturated rings. The highest BCUT2D eigenvalue weighted by Gasteiger charge is 2.20. The first-order valence-electron chi connectivity index (χ1n) is 6.93. The van der Waals surface area contributed by atoms with Crippen LogP contribution in [0.3, 0.4) is 0 Å². The Bertz CT molecular complexity index is 556. The summed E-state index contributed by atoms with van der Waals surface area (Å²) in [6.07, 6.45) is 1.29. The van der Waals surface area contributed by atoms with Gasteiger partial charge in [0, 0.05) is 19.5 Å². The maximum Gasteiger partial charge on any atom is 0.324 e. The van der Waals surface area contributed by atoms with E-state index in [1.54, 1.807) is 4.90 Å². The summed E-state index contributed by atoms with van der Waals surface area (Å²) in [5.74, 6) is -1.61. The van der Waals surface area contributed by atoms with Gasteiger partial charge in [-0.25, -0.2) is 4.79 Å². The smallest absolute Gasteiger partial charge is 0.324 e. The van der Waals surface area contributed by atoms with E-state index in [-0.39, 0.29) is 12.8 Å². The second-order valence-electron chi connectivity index (χ2n) is 5.04. The third-order valence-corrected chi connectivity index (χ3v) is 3.45. The Labute approximate surface area is 122 Å². The summed E-state index contributed by atoms with van der Waals surface area (Å²) in [5, 5.41) is 10.8. The lowest BCUT2D eigenvalue weighted by molar-refractivity contribution is -0.138. The van der Waals surface area contributed by atoms with Crippen molar-refractivity contribution >= 4 is 17.9 Å². The fraction of sp³-hybridized carbons (Fsp3) is 0.400. The molecule has 2 N–H and O–H groups in total. The second kappa shape index (κ2) is 6.88. The van der Waals surface area contributed by atoms with E-state index < -0.39 is 17.9 Å². The van der Waals surface area contributed by atoms with Gasteiger partial charge in [-0.2, -0.15) is 0 Å². The summed E-state index contributed by atoms with van der Waals surface area (Å²) in [5.41, 5.74) is 2.31. The average molecular weight is 290 g/mol. The molecule has 0 aliphatic carbocycles. The van der Waals surface area contributed by atoms with Crippen LogP contribution in [0.15, 0.2) is 24.3 Å². The van der Waals surface area contributed by atoms with Gasteiger partial charge in [0.05, 0.1) is 6.42 Å². The van der Waals surface area contributed by atoms with Crippen molar-refractivity contribution < 1.29 is 19.5 Å². The first kappa shape index (κ1) is 15.0. The number of fused-ring (bicyclic) bond motifs is 1. The molecule has 0 saturated heterocycles. The summed E-state index contributed by atoms with van der Waals surface area (Å²) in [6.45, 7) is 1.04. The van der Waals surface area contributed by atoms with Gasteiger partial charge in [-0.1, -0.05) is 24.3 Å². The van der Waals surface area contributed by atoms with Gasteiger partial charge < -0.3 is 10.0 Å². The predicted molar refractivity (Wildman–Crippen MR) is 75.6 cm³/mol. The number of rotatable bonds is 3. The Morgan fingerprint density at radius 1 is 1.14 bits per heavy atom. The van der Waals surface area contributed by atoms with E-state index >= 15 is 0 Å². The van der Waals surface area contributed by atoms with Gasteiger partial charge in [0.2, 0.25) is 5.91 Å². The highest BCUT2D eigenvalue weighted by molar-refractivity contribution is 5.95. The second-order valence-corrected chi connectivity index (χ2v) is 5.04. The Morgan fingerprint density at radius 2 is 1.86 bits per heavy atom. The maximum atomic E-state index is 12.1. The minimum atomic E-state index is -1.05. The van der Waals surface area contributed by atoms with E-state index in [2.05, 4.69) is 11.4 Å². The zero-order valence-electron chi connectivity index (χ0n) is 11.7. The summed E-state index contributed by atoms with van der Waals surface area (Å²) in [7, 11) is 0. The molecule has 0 radical (unpaired) electrons. The number of nitrogens with one attached hydrogen (secondary N) is 1. The van der Waals surface area contributed by atoms with E-state index in [9.17, 15) is 14.4 Å². The third-order valence-electron chi connectivity index (χ3n) is 3.45. The van der Waals surface area contributed by atoms with Crippen molar-refractivity contribution in [2.75, 3.05) is 6.54 Å². The number of hydrogen-bond donors (Lipinski definition) is 2. The molecule has 112 valence electrons. The molecule has 0 aromatic heterocycles. The van der Waals surface area contributed by atoms with Gasteiger partial charge in [0.15, 0.2) is 0 Å². The van der Waals surface area contributed by atoms with Gasteiger partial charge in [-0.3, -0.25) is 14.9 Å². The summed E-state index contributed by atoms with van der Waals surface area (Å²) in [4.78, 5) is 35.6. The molecule has 1 aliphatic rings. The van der Waals surface area contributed by atoms with Crippen molar-refractivity contribution in [2.45, 2.75) is 32.2 Å². The van der Waals surface area contributed by atoms with Crippen LogP contribution in [0, 0.1) is 0 Å². The fourth-order valence-electron chi connectivity index (χ4n) is 2.36. The molecule has 1 heterocycles. The fourth-order valence-corrected chi connectivity index (χ4v) is 2.36. The van der Waals surface area contributed by atoms with Gasteiger partial charge in [-0.05, 0) is 24.0 Å². The van der Waals surface area contributed by atoms with E-state index in [4.69, 9.17) is 5.11 Å². The van der Waals surface area contributed by atoms with Crippen LogP contribution in [0.25, 0.3) is 0 Å². The predicted octanol–water partition coefficient (Wildman–Crippen LogP) is 1.54. The van der Waals surface area contributed by atoms with Crippen LogP contribution < -0.4 is 5.32 Å². The lowest BCUT2D eigenvalue weighted by atomic mass is 10.0. The molecule has 0 saturated carbocycles. The number of imide groups is 1. The molecular weight excluding hydrogens is 272 g/mol. The Kier molecular flexibility index (Phi) is 4.92. The SMILES string of the molecule is O=C(O)CCC(=O)NC(=O)N1CCCc2ccccc2C1. The number of carbonyl (C=O) groups is 3. The zero-order chi connectivity index (χ0) is 15.2. The van der Waals surface area contributed by atoms with Gasteiger partial charge in [-0.15, -0.1) is 0 Å². The summed E-state index contributed by atoms with van der Waals surface area (Å²) < 4.78 is 0. The molecule has 0 spiro atoms. The van der Waals surface area contributed by atoms with E-state index in [0.29, 0.717) is 13.1 Å². The molecule has 6 nitrogen and oxygen atoms in total. The van der Waals surface area contributed by atoms with Crippen molar-refractivity contribution in [1.29, 1.82) is 0 Å². The van der Waals surface area contributed by atoms with Crippen molar-refractivity contribution in [2.24, 2.45) is 0 Å². The van der Waals surface area contributed by atoms with Crippen LogP contribution >= 0.6 is 0 Å². The monoisotopic (exact) mass is 290 g/mol. The molecule has 1 aromatic carbocycles. The van der Waals surface area contributed by atoms with Crippen molar-refractivity contribution in [3.05, 3.63) is 35.4 Å². The van der Waals surface area contributed by atoms with E-state index in [0.717, 1.165) is 18.4 Å². The van der Waals surface area contributed by atoms with Crippen LogP contribution in [0.2, 0.25) is 0 Å². The summed E-state index contributed by atoms with van der Waals surface area (Å²) in [6, 6.07) is 7.48. The third kappa shape index (κ3) is 4.30. The maximum absolute atomic E-state index is 12.1. The molecule has 0 unspecified atom stereocenters. The molecule has 0 bridgehead atoms. The van der Waals surface area contributed by atoms with Gasteiger partial charge >= 0.3 is 12.0 Å². The number of benzene rings is 1. The molecule has 2 rings (SSSR count). The molecule has 1 aliphatic heterocycles.